The lowest BCUT2D eigenvalue weighted by molar-refractivity contribution is 0.0987. The molecule has 0 bridgehead atoms. The van der Waals surface area contributed by atoms with Gasteiger partial charge in [0, 0.05) is 23.3 Å². The molecule has 0 amide bonds. The largest absolute Gasteiger partial charge is 0.340 e. The van der Waals surface area contributed by atoms with Crippen molar-refractivity contribution in [2.75, 3.05) is 0 Å². The maximum absolute atomic E-state index is 11.7. The van der Waals surface area contributed by atoms with Crippen molar-refractivity contribution >= 4 is 32.6 Å². The van der Waals surface area contributed by atoms with Gasteiger partial charge in [-0.25, -0.2) is 0 Å². The van der Waals surface area contributed by atoms with Crippen LogP contribution in [0.25, 0.3) is 10.9 Å². The zero-order chi connectivity index (χ0) is 10.6. The van der Waals surface area contributed by atoms with Crippen LogP contribution in [0.1, 0.15) is 22.5 Å². The van der Waals surface area contributed by atoms with Gasteiger partial charge in [0.15, 0.2) is 5.78 Å². The van der Waals surface area contributed by atoms with E-state index < -0.39 is 0 Å². The zero-order valence-electron chi connectivity index (χ0n) is 8.38. The molecule has 0 N–H and O–H groups in total. The minimum Gasteiger partial charge on any atom is -0.340 e. The Morgan fingerprint density at radius 2 is 2.13 bits per heavy atom. The van der Waals surface area contributed by atoms with E-state index in [9.17, 15) is 4.79 Å². The Morgan fingerprint density at radius 1 is 1.33 bits per heavy atom. The van der Waals surface area contributed by atoms with Crippen molar-refractivity contribution in [3.63, 3.8) is 0 Å². The lowest BCUT2D eigenvalue weighted by Gasteiger charge is -2.01. The monoisotopic (exact) mass is 263 g/mol. The molecule has 2 aromatic rings. The molecule has 1 heterocycles. The van der Waals surface area contributed by atoms with Crippen molar-refractivity contribution in [2.24, 2.45) is 7.05 Å². The van der Waals surface area contributed by atoms with E-state index in [0.29, 0.717) is 6.42 Å². The summed E-state index contributed by atoms with van der Waals surface area (Å²) >= 11 is 3.54. The van der Waals surface area contributed by atoms with Crippen LogP contribution in [0.5, 0.6) is 0 Å². The van der Waals surface area contributed by atoms with Gasteiger partial charge >= 0.3 is 0 Å². The molecule has 0 unspecified atom stereocenters. The first-order valence-corrected chi connectivity index (χ1v) is 5.78. The van der Waals surface area contributed by atoms with Gasteiger partial charge in [0.25, 0.3) is 0 Å². The third-order valence-electron chi connectivity index (χ3n) is 3.13. The molecule has 0 aliphatic heterocycles. The van der Waals surface area contributed by atoms with Crippen LogP contribution in [-0.2, 0) is 13.5 Å². The van der Waals surface area contributed by atoms with Crippen LogP contribution >= 0.6 is 15.9 Å². The van der Waals surface area contributed by atoms with Crippen molar-refractivity contribution in [2.45, 2.75) is 12.8 Å². The summed E-state index contributed by atoms with van der Waals surface area (Å²) in [5, 5.41) is 1.22. The zero-order valence-corrected chi connectivity index (χ0v) is 9.97. The van der Waals surface area contributed by atoms with E-state index in [2.05, 4.69) is 22.0 Å². The molecule has 0 fully saturated rings. The lowest BCUT2D eigenvalue weighted by Crippen LogP contribution is -2.01. The number of hydrogen-bond donors (Lipinski definition) is 0. The number of carbonyl (C=O) groups is 1. The summed E-state index contributed by atoms with van der Waals surface area (Å²) in [5.74, 6) is 0.274. The van der Waals surface area contributed by atoms with Crippen molar-refractivity contribution in [1.29, 1.82) is 0 Å². The average molecular weight is 264 g/mol. The van der Waals surface area contributed by atoms with Gasteiger partial charge in [-0.2, -0.15) is 0 Å². The van der Waals surface area contributed by atoms with Gasteiger partial charge < -0.3 is 4.57 Å². The number of halogens is 1. The lowest BCUT2D eigenvalue weighted by atomic mass is 10.1. The Labute approximate surface area is 96.0 Å². The van der Waals surface area contributed by atoms with Crippen molar-refractivity contribution in [3.8, 4) is 0 Å². The number of hydrogen-bond acceptors (Lipinski definition) is 1. The normalized spacial score (nSPS) is 14.9. The molecule has 1 aliphatic carbocycles. The molecule has 1 aromatic heterocycles. The number of carbonyl (C=O) groups excluding carboxylic acids is 1. The Kier molecular flexibility index (Phi) is 1.80. The molecule has 76 valence electrons. The summed E-state index contributed by atoms with van der Waals surface area (Å²) in [6.45, 7) is 0. The highest BCUT2D eigenvalue weighted by Crippen LogP contribution is 2.35. The fraction of sp³-hybridized carbons (Fsp3) is 0.250. The van der Waals surface area contributed by atoms with Gasteiger partial charge in [0.05, 0.1) is 11.2 Å². The number of rotatable bonds is 0. The Bertz CT molecular complexity index is 583. The number of Topliss-reactive ketones (excluding diaryl/α,β-unsaturated/α-hetero) is 1. The first kappa shape index (κ1) is 9.16. The van der Waals surface area contributed by atoms with Crippen LogP contribution in [0, 0.1) is 0 Å². The molecular formula is C12H10BrNO. The molecule has 15 heavy (non-hydrogen) atoms. The standard InChI is InChI=1S/C12H10BrNO/c1-14-11-7(3-2-4-9(11)13)8-5-6-10(15)12(8)14/h2-4H,5-6H2,1H3. The third-order valence-corrected chi connectivity index (χ3v) is 3.77. The first-order valence-electron chi connectivity index (χ1n) is 4.99. The SMILES string of the molecule is Cn1c2c(c3cccc(Br)c31)CCC2=O. The molecule has 0 saturated carbocycles. The van der Waals surface area contributed by atoms with Crippen LogP contribution in [-0.4, -0.2) is 10.4 Å². The summed E-state index contributed by atoms with van der Waals surface area (Å²) in [6, 6.07) is 6.13. The van der Waals surface area contributed by atoms with Crippen molar-refractivity contribution in [1.82, 2.24) is 4.57 Å². The molecular weight excluding hydrogens is 254 g/mol. The fourth-order valence-electron chi connectivity index (χ4n) is 2.51. The maximum atomic E-state index is 11.7. The quantitative estimate of drug-likeness (QED) is 0.716. The number of aryl methyl sites for hydroxylation is 2. The number of para-hydroxylation sites is 1. The van der Waals surface area contributed by atoms with Crippen LogP contribution in [0.4, 0.5) is 0 Å². The molecule has 2 nitrogen and oxygen atoms in total. The Hall–Kier alpha value is -1.09. The molecule has 0 radical (unpaired) electrons. The number of aromatic nitrogens is 1. The van der Waals surface area contributed by atoms with E-state index in [1.54, 1.807) is 0 Å². The van der Waals surface area contributed by atoms with Crippen molar-refractivity contribution in [3.05, 3.63) is 33.9 Å². The number of nitrogens with zero attached hydrogens (tertiary/aromatic N) is 1. The molecule has 1 aromatic carbocycles. The predicted octanol–water partition coefficient (Wildman–Crippen LogP) is 3.07. The summed E-state index contributed by atoms with van der Waals surface area (Å²) < 4.78 is 3.08. The first-order chi connectivity index (χ1) is 7.20. The second-order valence-electron chi connectivity index (χ2n) is 3.95. The summed E-state index contributed by atoms with van der Waals surface area (Å²) in [6.07, 6.45) is 1.56. The Balaban J connectivity index is 2.53. The molecule has 0 saturated heterocycles. The minimum atomic E-state index is 0.274. The van der Waals surface area contributed by atoms with Gasteiger partial charge in [-0.1, -0.05) is 12.1 Å². The third kappa shape index (κ3) is 1.07. The second kappa shape index (κ2) is 2.95. The van der Waals surface area contributed by atoms with Gasteiger partial charge in [0.1, 0.15) is 0 Å². The van der Waals surface area contributed by atoms with Gasteiger partial charge in [-0.3, -0.25) is 4.79 Å². The smallest absolute Gasteiger partial charge is 0.179 e. The topological polar surface area (TPSA) is 22.0 Å². The number of ketones is 1. The van der Waals surface area contributed by atoms with Gasteiger partial charge in [-0.05, 0) is 34.0 Å². The molecule has 3 rings (SSSR count). The van der Waals surface area contributed by atoms with E-state index in [-0.39, 0.29) is 5.78 Å². The van der Waals surface area contributed by atoms with Crippen LogP contribution < -0.4 is 0 Å². The average Bonchev–Trinajstić information content (AvgIpc) is 2.70. The highest BCUT2D eigenvalue weighted by molar-refractivity contribution is 9.10. The molecule has 0 atom stereocenters. The van der Waals surface area contributed by atoms with E-state index >= 15 is 0 Å². The highest BCUT2D eigenvalue weighted by atomic mass is 79.9. The van der Waals surface area contributed by atoms with Crippen molar-refractivity contribution < 1.29 is 4.79 Å². The molecule has 3 heteroatoms. The maximum Gasteiger partial charge on any atom is 0.179 e. The van der Waals surface area contributed by atoms with Crippen LogP contribution in [0.2, 0.25) is 0 Å². The Morgan fingerprint density at radius 3 is 2.93 bits per heavy atom. The highest BCUT2D eigenvalue weighted by Gasteiger charge is 2.27. The van der Waals surface area contributed by atoms with Crippen LogP contribution in [0.3, 0.4) is 0 Å². The van der Waals surface area contributed by atoms with E-state index in [1.165, 1.54) is 10.9 Å². The number of benzene rings is 1. The molecule has 1 aliphatic rings. The van der Waals surface area contributed by atoms with E-state index in [0.717, 1.165) is 22.1 Å². The van der Waals surface area contributed by atoms with E-state index in [4.69, 9.17) is 0 Å². The summed E-state index contributed by atoms with van der Waals surface area (Å²) in [4.78, 5) is 11.7. The number of fused-ring (bicyclic) bond motifs is 3. The van der Waals surface area contributed by atoms with E-state index in [1.807, 2.05) is 23.7 Å². The summed E-state index contributed by atoms with van der Waals surface area (Å²) in [5.41, 5.74) is 3.26. The predicted molar refractivity (Wildman–Crippen MR) is 63.3 cm³/mol. The van der Waals surface area contributed by atoms with Gasteiger partial charge in [-0.15, -0.1) is 0 Å². The molecule has 0 spiro atoms. The summed E-state index contributed by atoms with van der Waals surface area (Å²) in [7, 11) is 1.97. The fourth-order valence-corrected chi connectivity index (χ4v) is 3.14. The van der Waals surface area contributed by atoms with Gasteiger partial charge in [0.2, 0.25) is 0 Å². The second-order valence-corrected chi connectivity index (χ2v) is 4.80. The minimum absolute atomic E-state index is 0.274. The van der Waals surface area contributed by atoms with Crippen LogP contribution in [0.15, 0.2) is 22.7 Å².